The Kier molecular flexibility index (Phi) is 4.64. The lowest BCUT2D eigenvalue weighted by Crippen LogP contribution is -2.14. The minimum atomic E-state index is -0.138. The van der Waals surface area contributed by atoms with E-state index in [1.165, 1.54) is 30.0 Å². The van der Waals surface area contributed by atoms with E-state index >= 15 is 0 Å². The zero-order valence-corrected chi connectivity index (χ0v) is 11.8. The molecule has 2 aromatic rings. The fourth-order valence-corrected chi connectivity index (χ4v) is 2.65. The van der Waals surface area contributed by atoms with E-state index < -0.39 is 0 Å². The highest BCUT2D eigenvalue weighted by Gasteiger charge is 2.07. The van der Waals surface area contributed by atoms with Crippen LogP contribution in [0.4, 0.5) is 5.69 Å². The summed E-state index contributed by atoms with van der Waals surface area (Å²) < 4.78 is 0.757. The van der Waals surface area contributed by atoms with Crippen LogP contribution < -0.4 is 5.32 Å². The van der Waals surface area contributed by atoms with Crippen molar-refractivity contribution in [2.24, 2.45) is 0 Å². The van der Waals surface area contributed by atoms with Crippen molar-refractivity contribution in [3.05, 3.63) is 35.3 Å². The number of carbonyl (C=O) groups excluding carboxylic acids is 2. The van der Waals surface area contributed by atoms with Gasteiger partial charge in [-0.2, -0.15) is 0 Å². The minimum Gasteiger partial charge on any atom is -0.325 e. The summed E-state index contributed by atoms with van der Waals surface area (Å²) in [5, 5.41) is 10.3. The highest BCUT2D eigenvalue weighted by Crippen LogP contribution is 2.19. The Morgan fingerprint density at radius 1 is 1.42 bits per heavy atom. The first kappa shape index (κ1) is 13.7. The number of aromatic nitrogens is 2. The Morgan fingerprint density at radius 2 is 2.26 bits per heavy atom. The number of amides is 1. The average molecular weight is 293 g/mol. The van der Waals surface area contributed by atoms with E-state index in [9.17, 15) is 9.59 Å². The molecule has 0 spiro atoms. The molecule has 5 nitrogen and oxygen atoms in total. The summed E-state index contributed by atoms with van der Waals surface area (Å²) in [4.78, 5) is 23.0. The molecule has 0 aliphatic heterocycles. The van der Waals surface area contributed by atoms with Gasteiger partial charge in [-0.3, -0.25) is 9.59 Å². The van der Waals surface area contributed by atoms with Gasteiger partial charge >= 0.3 is 0 Å². The van der Waals surface area contributed by atoms with Crippen LogP contribution in [0.5, 0.6) is 0 Å². The van der Waals surface area contributed by atoms with Crippen LogP contribution >= 0.6 is 23.1 Å². The van der Waals surface area contributed by atoms with Crippen molar-refractivity contribution >= 4 is 40.5 Å². The van der Waals surface area contributed by atoms with Gasteiger partial charge in [-0.25, -0.2) is 0 Å². The normalized spacial score (nSPS) is 10.2. The van der Waals surface area contributed by atoms with Crippen LogP contribution in [0.1, 0.15) is 17.3 Å². The smallest absolute Gasteiger partial charge is 0.234 e. The monoisotopic (exact) mass is 293 g/mol. The molecule has 98 valence electrons. The first-order chi connectivity index (χ1) is 9.15. The van der Waals surface area contributed by atoms with Crippen LogP contribution in [0.15, 0.2) is 34.1 Å². The van der Waals surface area contributed by atoms with Crippen LogP contribution in [0.25, 0.3) is 0 Å². The van der Waals surface area contributed by atoms with Crippen molar-refractivity contribution in [1.29, 1.82) is 0 Å². The molecule has 1 N–H and O–H groups in total. The van der Waals surface area contributed by atoms with Crippen molar-refractivity contribution in [2.75, 3.05) is 11.1 Å². The van der Waals surface area contributed by atoms with E-state index in [2.05, 4.69) is 15.5 Å². The van der Waals surface area contributed by atoms with Gasteiger partial charge in [-0.05, 0) is 19.1 Å². The second-order valence-electron chi connectivity index (χ2n) is 3.68. The lowest BCUT2D eigenvalue weighted by Gasteiger charge is -2.05. The van der Waals surface area contributed by atoms with E-state index in [1.807, 2.05) is 0 Å². The van der Waals surface area contributed by atoms with E-state index in [0.717, 1.165) is 4.34 Å². The number of ketones is 1. The molecule has 1 aromatic carbocycles. The first-order valence-electron chi connectivity index (χ1n) is 5.45. The van der Waals surface area contributed by atoms with E-state index in [4.69, 9.17) is 0 Å². The zero-order chi connectivity index (χ0) is 13.7. The van der Waals surface area contributed by atoms with Gasteiger partial charge in [0, 0.05) is 11.3 Å². The number of anilines is 1. The molecule has 0 saturated carbocycles. The Labute approximate surface area is 118 Å². The van der Waals surface area contributed by atoms with Crippen LogP contribution in [-0.4, -0.2) is 27.6 Å². The summed E-state index contributed by atoms with van der Waals surface area (Å²) in [6, 6.07) is 6.87. The molecule has 1 aromatic heterocycles. The molecule has 7 heteroatoms. The maximum Gasteiger partial charge on any atom is 0.234 e. The van der Waals surface area contributed by atoms with E-state index in [1.54, 1.807) is 29.8 Å². The number of carbonyl (C=O) groups is 2. The third-order valence-corrected chi connectivity index (χ3v) is 4.08. The summed E-state index contributed by atoms with van der Waals surface area (Å²) >= 11 is 2.72. The number of nitrogens with zero attached hydrogens (tertiary/aromatic N) is 2. The third kappa shape index (κ3) is 4.15. The Balaban J connectivity index is 1.91. The maximum atomic E-state index is 11.7. The van der Waals surface area contributed by atoms with Crippen LogP contribution in [0, 0.1) is 0 Å². The van der Waals surface area contributed by atoms with Gasteiger partial charge in [0.25, 0.3) is 0 Å². The maximum absolute atomic E-state index is 11.7. The van der Waals surface area contributed by atoms with Crippen molar-refractivity contribution < 1.29 is 9.59 Å². The van der Waals surface area contributed by atoms with E-state index in [0.29, 0.717) is 11.3 Å². The fourth-order valence-electron chi connectivity index (χ4n) is 1.37. The molecule has 0 unspecified atom stereocenters. The van der Waals surface area contributed by atoms with Crippen LogP contribution in [0.2, 0.25) is 0 Å². The first-order valence-corrected chi connectivity index (χ1v) is 7.31. The standard InChI is InChI=1S/C12H11N3O2S2/c1-8(16)9-3-2-4-10(5-9)14-11(17)6-18-12-15-13-7-19-12/h2-5,7H,6H2,1H3,(H,14,17). The molecule has 0 aliphatic carbocycles. The van der Waals surface area contributed by atoms with Gasteiger partial charge in [0.05, 0.1) is 5.75 Å². The molecule has 1 amide bonds. The van der Waals surface area contributed by atoms with Gasteiger partial charge in [-0.15, -0.1) is 10.2 Å². The lowest BCUT2D eigenvalue weighted by molar-refractivity contribution is -0.113. The molecule has 0 aliphatic rings. The molecule has 1 heterocycles. The third-order valence-electron chi connectivity index (χ3n) is 2.22. The summed E-state index contributed by atoms with van der Waals surface area (Å²) in [5.74, 6) is 0.0969. The quantitative estimate of drug-likeness (QED) is 0.677. The van der Waals surface area contributed by atoms with Gasteiger partial charge in [0.15, 0.2) is 10.1 Å². The Morgan fingerprint density at radius 3 is 2.95 bits per heavy atom. The van der Waals surface area contributed by atoms with Crippen molar-refractivity contribution in [3.8, 4) is 0 Å². The summed E-state index contributed by atoms with van der Waals surface area (Å²) in [6.07, 6.45) is 0. The zero-order valence-electron chi connectivity index (χ0n) is 10.1. The second kappa shape index (κ2) is 6.44. The van der Waals surface area contributed by atoms with Gasteiger partial charge < -0.3 is 5.32 Å². The predicted octanol–water partition coefficient (Wildman–Crippen LogP) is 2.47. The Bertz CT molecular complexity index is 584. The van der Waals surface area contributed by atoms with Crippen molar-refractivity contribution in [2.45, 2.75) is 11.3 Å². The minimum absolute atomic E-state index is 0.0284. The SMILES string of the molecule is CC(=O)c1cccc(NC(=O)CSc2nncs2)c1. The molecule has 2 rings (SSSR count). The van der Waals surface area contributed by atoms with Crippen molar-refractivity contribution in [1.82, 2.24) is 10.2 Å². The number of thioether (sulfide) groups is 1. The molecule has 0 radical (unpaired) electrons. The van der Waals surface area contributed by atoms with Crippen LogP contribution in [0.3, 0.4) is 0 Å². The predicted molar refractivity (Wildman–Crippen MR) is 75.7 cm³/mol. The van der Waals surface area contributed by atoms with Gasteiger partial charge in [-0.1, -0.05) is 35.2 Å². The summed E-state index contributed by atoms with van der Waals surface area (Å²) in [7, 11) is 0. The molecule has 0 atom stereocenters. The number of Topliss-reactive ketones (excluding diaryl/α,β-unsaturated/α-hetero) is 1. The highest BCUT2D eigenvalue weighted by atomic mass is 32.2. The fraction of sp³-hybridized carbons (Fsp3) is 0.167. The Hall–Kier alpha value is -1.73. The molecular formula is C12H11N3O2S2. The number of rotatable bonds is 5. The van der Waals surface area contributed by atoms with Gasteiger partial charge in [0.1, 0.15) is 5.51 Å². The molecule has 0 bridgehead atoms. The summed E-state index contributed by atoms with van der Waals surface area (Å²) in [5.41, 5.74) is 2.82. The molecule has 0 fully saturated rings. The largest absolute Gasteiger partial charge is 0.325 e. The molecule has 19 heavy (non-hydrogen) atoms. The number of hydrogen-bond acceptors (Lipinski definition) is 6. The number of nitrogens with one attached hydrogen (secondary N) is 1. The number of benzene rings is 1. The number of hydrogen-bond donors (Lipinski definition) is 1. The highest BCUT2D eigenvalue weighted by molar-refractivity contribution is 8.01. The van der Waals surface area contributed by atoms with Crippen LogP contribution in [-0.2, 0) is 4.79 Å². The molecule has 0 saturated heterocycles. The van der Waals surface area contributed by atoms with Crippen molar-refractivity contribution in [3.63, 3.8) is 0 Å². The van der Waals surface area contributed by atoms with E-state index in [-0.39, 0.29) is 17.4 Å². The molecular weight excluding hydrogens is 282 g/mol. The topological polar surface area (TPSA) is 72.0 Å². The van der Waals surface area contributed by atoms with Gasteiger partial charge in [0.2, 0.25) is 5.91 Å². The average Bonchev–Trinajstić information content (AvgIpc) is 2.90. The lowest BCUT2D eigenvalue weighted by atomic mass is 10.1. The summed E-state index contributed by atoms with van der Waals surface area (Å²) in [6.45, 7) is 1.49. The second-order valence-corrected chi connectivity index (χ2v) is 5.73.